The molecule has 2 N–H and O–H groups in total. The van der Waals surface area contributed by atoms with Crippen LogP contribution < -0.4 is 10.6 Å². The van der Waals surface area contributed by atoms with E-state index in [1.54, 1.807) is 0 Å². The summed E-state index contributed by atoms with van der Waals surface area (Å²) in [5, 5.41) is 6.22. The van der Waals surface area contributed by atoms with Crippen LogP contribution in [0.2, 0.25) is 0 Å². The molecule has 2 fully saturated rings. The SMILES string of the molecule is COCC(=O)N[C@H](C(=O)N1C2CCNCC1CC2)C(C)C. The van der Waals surface area contributed by atoms with Gasteiger partial charge >= 0.3 is 0 Å². The molecule has 21 heavy (non-hydrogen) atoms. The highest BCUT2D eigenvalue weighted by atomic mass is 16.5. The number of carbonyl (C=O) groups is 2. The van der Waals surface area contributed by atoms with Crippen LogP contribution in [0.25, 0.3) is 0 Å². The van der Waals surface area contributed by atoms with Crippen molar-refractivity contribution in [3.63, 3.8) is 0 Å². The molecule has 0 radical (unpaired) electrons. The Morgan fingerprint density at radius 2 is 2.00 bits per heavy atom. The summed E-state index contributed by atoms with van der Waals surface area (Å²) in [6, 6.07) is 0.123. The minimum atomic E-state index is -0.464. The fraction of sp³-hybridized carbons (Fsp3) is 0.867. The van der Waals surface area contributed by atoms with Crippen molar-refractivity contribution in [3.05, 3.63) is 0 Å². The highest BCUT2D eigenvalue weighted by Crippen LogP contribution is 2.29. The lowest BCUT2D eigenvalue weighted by Crippen LogP contribution is -2.55. The first-order valence-electron chi connectivity index (χ1n) is 7.85. The van der Waals surface area contributed by atoms with Crippen molar-refractivity contribution in [2.24, 2.45) is 5.92 Å². The smallest absolute Gasteiger partial charge is 0.246 e. The van der Waals surface area contributed by atoms with E-state index in [9.17, 15) is 9.59 Å². The zero-order chi connectivity index (χ0) is 15.4. The third-order valence-corrected chi connectivity index (χ3v) is 4.43. The zero-order valence-electron chi connectivity index (χ0n) is 13.2. The lowest BCUT2D eigenvalue weighted by Gasteiger charge is -2.33. The summed E-state index contributed by atoms with van der Waals surface area (Å²) >= 11 is 0. The van der Waals surface area contributed by atoms with Gasteiger partial charge in [-0.2, -0.15) is 0 Å². The number of methoxy groups -OCH3 is 1. The molecule has 2 aliphatic heterocycles. The number of fused-ring (bicyclic) bond motifs is 2. The Hall–Kier alpha value is -1.14. The summed E-state index contributed by atoms with van der Waals surface area (Å²) < 4.78 is 4.84. The van der Waals surface area contributed by atoms with Gasteiger partial charge in [0.25, 0.3) is 0 Å². The van der Waals surface area contributed by atoms with E-state index in [-0.39, 0.29) is 30.4 Å². The van der Waals surface area contributed by atoms with Crippen molar-refractivity contribution in [2.75, 3.05) is 26.8 Å². The van der Waals surface area contributed by atoms with Crippen LogP contribution in [0.5, 0.6) is 0 Å². The molecule has 3 atom stereocenters. The van der Waals surface area contributed by atoms with Crippen molar-refractivity contribution >= 4 is 11.8 Å². The molecular formula is C15H27N3O3. The van der Waals surface area contributed by atoms with Crippen LogP contribution in [0.4, 0.5) is 0 Å². The second-order valence-electron chi connectivity index (χ2n) is 6.35. The van der Waals surface area contributed by atoms with Crippen LogP contribution in [-0.2, 0) is 14.3 Å². The topological polar surface area (TPSA) is 70.7 Å². The van der Waals surface area contributed by atoms with Crippen molar-refractivity contribution < 1.29 is 14.3 Å². The number of hydrogen-bond donors (Lipinski definition) is 2. The van der Waals surface area contributed by atoms with E-state index in [4.69, 9.17) is 4.74 Å². The van der Waals surface area contributed by atoms with E-state index < -0.39 is 6.04 Å². The first-order chi connectivity index (χ1) is 10.0. The minimum Gasteiger partial charge on any atom is -0.375 e. The maximum Gasteiger partial charge on any atom is 0.246 e. The Labute approximate surface area is 126 Å². The van der Waals surface area contributed by atoms with Gasteiger partial charge in [0, 0.05) is 25.7 Å². The van der Waals surface area contributed by atoms with Gasteiger partial charge in [0.1, 0.15) is 12.6 Å². The predicted octanol–water partition coefficient (Wildman–Crippen LogP) is 0.127. The molecule has 2 heterocycles. The van der Waals surface area contributed by atoms with Gasteiger partial charge in [-0.3, -0.25) is 9.59 Å². The van der Waals surface area contributed by atoms with E-state index in [1.807, 2.05) is 18.7 Å². The van der Waals surface area contributed by atoms with Gasteiger partial charge in [-0.25, -0.2) is 0 Å². The number of amides is 2. The predicted molar refractivity (Wildman–Crippen MR) is 79.8 cm³/mol. The molecule has 0 aromatic carbocycles. The number of rotatable bonds is 5. The van der Waals surface area contributed by atoms with Crippen LogP contribution in [-0.4, -0.2) is 61.6 Å². The van der Waals surface area contributed by atoms with Crippen molar-refractivity contribution in [2.45, 2.75) is 51.2 Å². The lowest BCUT2D eigenvalue weighted by atomic mass is 10.0. The van der Waals surface area contributed by atoms with E-state index in [1.165, 1.54) is 7.11 Å². The summed E-state index contributed by atoms with van der Waals surface area (Å²) in [5.41, 5.74) is 0. The van der Waals surface area contributed by atoms with Gasteiger partial charge in [0.05, 0.1) is 0 Å². The van der Waals surface area contributed by atoms with Crippen molar-refractivity contribution in [1.29, 1.82) is 0 Å². The van der Waals surface area contributed by atoms with E-state index in [0.29, 0.717) is 6.04 Å². The maximum absolute atomic E-state index is 12.9. The van der Waals surface area contributed by atoms with Crippen molar-refractivity contribution in [3.8, 4) is 0 Å². The summed E-state index contributed by atoms with van der Waals surface area (Å²) in [4.78, 5) is 26.7. The van der Waals surface area contributed by atoms with Gasteiger partial charge in [-0.15, -0.1) is 0 Å². The third-order valence-electron chi connectivity index (χ3n) is 4.43. The third kappa shape index (κ3) is 3.74. The Kier molecular flexibility index (Phi) is 5.58. The molecule has 2 aliphatic rings. The second-order valence-corrected chi connectivity index (χ2v) is 6.35. The van der Waals surface area contributed by atoms with Gasteiger partial charge < -0.3 is 20.3 Å². The Morgan fingerprint density at radius 3 is 2.67 bits per heavy atom. The van der Waals surface area contributed by atoms with Gasteiger partial charge in [0.2, 0.25) is 11.8 Å². The molecule has 0 aromatic heterocycles. The largest absolute Gasteiger partial charge is 0.375 e. The first-order valence-corrected chi connectivity index (χ1v) is 7.85. The molecule has 2 saturated heterocycles. The molecular weight excluding hydrogens is 270 g/mol. The van der Waals surface area contributed by atoms with E-state index >= 15 is 0 Å². The quantitative estimate of drug-likeness (QED) is 0.756. The molecule has 120 valence electrons. The summed E-state index contributed by atoms with van der Waals surface area (Å²) in [6.07, 6.45) is 3.13. The molecule has 2 rings (SSSR count). The monoisotopic (exact) mass is 297 g/mol. The average molecular weight is 297 g/mol. The lowest BCUT2D eigenvalue weighted by molar-refractivity contribution is -0.140. The van der Waals surface area contributed by atoms with Gasteiger partial charge in [-0.1, -0.05) is 13.8 Å². The number of ether oxygens (including phenoxy) is 1. The normalized spacial score (nSPS) is 26.6. The molecule has 2 amide bonds. The Morgan fingerprint density at radius 1 is 1.29 bits per heavy atom. The Bertz CT molecular complexity index is 372. The highest BCUT2D eigenvalue weighted by Gasteiger charge is 2.41. The molecule has 0 aliphatic carbocycles. The molecule has 6 heteroatoms. The van der Waals surface area contributed by atoms with Crippen LogP contribution in [0.1, 0.15) is 33.1 Å². The molecule has 0 aromatic rings. The number of nitrogens with zero attached hydrogens (tertiary/aromatic N) is 1. The molecule has 6 nitrogen and oxygen atoms in total. The number of nitrogens with one attached hydrogen (secondary N) is 2. The summed E-state index contributed by atoms with van der Waals surface area (Å²) in [6.45, 7) is 5.75. The van der Waals surface area contributed by atoms with E-state index in [0.717, 1.165) is 32.4 Å². The fourth-order valence-electron chi connectivity index (χ4n) is 3.36. The standard InChI is InChI=1S/C15H27N3O3/c1-10(2)14(17-13(19)9-21-3)15(20)18-11-4-5-12(18)8-16-7-6-11/h10-12,14,16H,4-9H2,1-3H3,(H,17,19)/t11?,12?,14-/m0/s1. The molecule has 0 saturated carbocycles. The van der Waals surface area contributed by atoms with Crippen LogP contribution >= 0.6 is 0 Å². The zero-order valence-corrected chi connectivity index (χ0v) is 13.2. The second kappa shape index (κ2) is 7.22. The Balaban J connectivity index is 2.08. The van der Waals surface area contributed by atoms with Gasteiger partial charge in [0.15, 0.2) is 0 Å². The average Bonchev–Trinajstić information content (AvgIpc) is 2.68. The molecule has 2 unspecified atom stereocenters. The summed E-state index contributed by atoms with van der Waals surface area (Å²) in [7, 11) is 1.48. The van der Waals surface area contributed by atoms with Crippen molar-refractivity contribution in [1.82, 2.24) is 15.5 Å². The minimum absolute atomic E-state index is 0.00902. The first kappa shape index (κ1) is 16.2. The summed E-state index contributed by atoms with van der Waals surface area (Å²) in [5.74, 6) is -0.107. The molecule has 2 bridgehead atoms. The van der Waals surface area contributed by atoms with Gasteiger partial charge in [-0.05, 0) is 31.7 Å². The number of hydrogen-bond acceptors (Lipinski definition) is 4. The van der Waals surface area contributed by atoms with Crippen LogP contribution in [0.3, 0.4) is 0 Å². The molecule has 0 spiro atoms. The van der Waals surface area contributed by atoms with Crippen LogP contribution in [0.15, 0.2) is 0 Å². The number of carbonyl (C=O) groups excluding carboxylic acids is 2. The van der Waals surface area contributed by atoms with E-state index in [2.05, 4.69) is 10.6 Å². The maximum atomic E-state index is 12.9. The van der Waals surface area contributed by atoms with Crippen LogP contribution in [0, 0.1) is 5.92 Å². The fourth-order valence-corrected chi connectivity index (χ4v) is 3.36. The highest BCUT2D eigenvalue weighted by molar-refractivity contribution is 5.88.